The predicted octanol–water partition coefficient (Wildman–Crippen LogP) is 5.92. The first kappa shape index (κ1) is 23.4. The van der Waals surface area contributed by atoms with Crippen LogP contribution in [0.15, 0.2) is 53.1 Å². The van der Waals surface area contributed by atoms with E-state index in [-0.39, 0.29) is 17.1 Å². The Balaban J connectivity index is 1.88. The fraction of sp³-hybridized carbons (Fsp3) is 0.500. The topological polar surface area (TPSA) is 29.5 Å². The summed E-state index contributed by atoms with van der Waals surface area (Å²) in [5, 5.41) is 0.0514. The number of thioether (sulfide) groups is 1. The molecule has 1 saturated heterocycles. The molecule has 7 heteroatoms. The van der Waals surface area contributed by atoms with Gasteiger partial charge in [-0.25, -0.2) is 0 Å². The molecule has 0 aromatic heterocycles. The minimum absolute atomic E-state index is 0.0514. The quantitative estimate of drug-likeness (QED) is 0.278. The fourth-order valence-corrected chi connectivity index (χ4v) is 4.40. The maximum Gasteiger partial charge on any atom is 0.416 e. The van der Waals surface area contributed by atoms with Crippen LogP contribution in [-0.2, 0) is 15.7 Å². The molecule has 160 valence electrons. The Hall–Kier alpha value is -1.89. The number of hydrogen-bond acceptors (Lipinski definition) is 3. The molecule has 1 aliphatic rings. The van der Waals surface area contributed by atoms with Gasteiger partial charge in [0.2, 0.25) is 5.91 Å². The summed E-state index contributed by atoms with van der Waals surface area (Å²) in [7, 11) is 1.63. The molecule has 0 spiro atoms. The van der Waals surface area contributed by atoms with Crippen molar-refractivity contribution in [1.29, 1.82) is 0 Å². The molecular formula is C22H28F3NO2S. The van der Waals surface area contributed by atoms with Gasteiger partial charge in [-0.1, -0.05) is 26.0 Å². The zero-order valence-electron chi connectivity index (χ0n) is 17.0. The van der Waals surface area contributed by atoms with E-state index in [1.807, 2.05) is 37.0 Å². The summed E-state index contributed by atoms with van der Waals surface area (Å²) in [6.45, 7) is 5.29. The highest BCUT2D eigenvalue weighted by molar-refractivity contribution is 8.00. The third kappa shape index (κ3) is 7.14. The van der Waals surface area contributed by atoms with Gasteiger partial charge >= 0.3 is 6.18 Å². The van der Waals surface area contributed by atoms with Crippen molar-refractivity contribution in [3.05, 3.63) is 53.8 Å². The average Bonchev–Trinajstić information content (AvgIpc) is 3.04. The molecule has 0 N–H and O–H groups in total. The summed E-state index contributed by atoms with van der Waals surface area (Å²) in [6, 6.07) is 5.37. The van der Waals surface area contributed by atoms with Crippen molar-refractivity contribution < 1.29 is 22.7 Å². The molecule has 0 aliphatic carbocycles. The molecule has 2 atom stereocenters. The van der Waals surface area contributed by atoms with Crippen LogP contribution in [0, 0.1) is 5.92 Å². The summed E-state index contributed by atoms with van der Waals surface area (Å²) in [4.78, 5) is 14.7. The molecule has 29 heavy (non-hydrogen) atoms. The van der Waals surface area contributed by atoms with Crippen LogP contribution in [0.25, 0.3) is 0 Å². The van der Waals surface area contributed by atoms with E-state index >= 15 is 0 Å². The number of carbonyl (C=O) groups is 1. The molecule has 3 nitrogen and oxygen atoms in total. The van der Waals surface area contributed by atoms with Gasteiger partial charge in [-0.2, -0.15) is 13.2 Å². The highest BCUT2D eigenvalue weighted by atomic mass is 32.2. The van der Waals surface area contributed by atoms with E-state index in [9.17, 15) is 18.0 Å². The zero-order chi connectivity index (χ0) is 21.4. The first-order chi connectivity index (χ1) is 13.7. The van der Waals surface area contributed by atoms with Gasteiger partial charge in [-0.3, -0.25) is 4.79 Å². The largest absolute Gasteiger partial charge is 0.497 e. The summed E-state index contributed by atoms with van der Waals surface area (Å²) < 4.78 is 43.9. The number of benzene rings is 1. The lowest BCUT2D eigenvalue weighted by molar-refractivity contribution is -0.137. The minimum Gasteiger partial charge on any atom is -0.497 e. The van der Waals surface area contributed by atoms with Gasteiger partial charge in [-0.05, 0) is 49.1 Å². The Labute approximate surface area is 175 Å². The molecule has 0 bridgehead atoms. The molecule has 1 heterocycles. The average molecular weight is 428 g/mol. The normalized spacial score (nSPS) is 19.2. The van der Waals surface area contributed by atoms with E-state index in [0.717, 1.165) is 24.7 Å². The molecule has 2 rings (SSSR count). The van der Waals surface area contributed by atoms with Crippen LogP contribution < -0.4 is 0 Å². The number of carbonyl (C=O) groups excluding carboxylic acids is 1. The summed E-state index contributed by atoms with van der Waals surface area (Å²) in [5.74, 6) is 1.04. The Morgan fingerprint density at radius 1 is 1.41 bits per heavy atom. The number of alkyl halides is 3. The van der Waals surface area contributed by atoms with Gasteiger partial charge in [0, 0.05) is 29.7 Å². The number of hydrogen-bond donors (Lipinski definition) is 0. The second kappa shape index (κ2) is 10.8. The van der Waals surface area contributed by atoms with E-state index in [2.05, 4.69) is 0 Å². The van der Waals surface area contributed by atoms with Gasteiger partial charge in [0.05, 0.1) is 12.7 Å². The molecule has 0 saturated carbocycles. The predicted molar refractivity (Wildman–Crippen MR) is 111 cm³/mol. The van der Waals surface area contributed by atoms with Crippen molar-refractivity contribution in [2.24, 2.45) is 5.92 Å². The van der Waals surface area contributed by atoms with Gasteiger partial charge in [0.1, 0.15) is 5.76 Å². The van der Waals surface area contributed by atoms with Crippen LogP contribution in [0.1, 0.15) is 38.7 Å². The van der Waals surface area contributed by atoms with Crippen molar-refractivity contribution in [3.63, 3.8) is 0 Å². The molecular weight excluding hydrogens is 399 g/mol. The van der Waals surface area contributed by atoms with Gasteiger partial charge in [-0.15, -0.1) is 11.8 Å². The lowest BCUT2D eigenvalue weighted by Crippen LogP contribution is -2.27. The first-order valence-corrected chi connectivity index (χ1v) is 10.6. The first-order valence-electron chi connectivity index (χ1n) is 9.77. The van der Waals surface area contributed by atoms with Crippen LogP contribution in [0.5, 0.6) is 0 Å². The van der Waals surface area contributed by atoms with Crippen molar-refractivity contribution >= 4 is 17.7 Å². The number of rotatable bonds is 9. The monoisotopic (exact) mass is 427 g/mol. The molecule has 1 aromatic rings. The molecule has 1 aliphatic heterocycles. The Morgan fingerprint density at radius 3 is 2.83 bits per heavy atom. The number of ether oxygens (including phenoxy) is 1. The van der Waals surface area contributed by atoms with Crippen molar-refractivity contribution in [1.82, 2.24) is 4.90 Å². The van der Waals surface area contributed by atoms with Crippen LogP contribution in [0.2, 0.25) is 0 Å². The smallest absolute Gasteiger partial charge is 0.416 e. The third-order valence-electron chi connectivity index (χ3n) is 4.88. The summed E-state index contributed by atoms with van der Waals surface area (Å²) >= 11 is 1.40. The lowest BCUT2D eigenvalue weighted by atomic mass is 10.1. The molecule has 1 fully saturated rings. The maximum absolute atomic E-state index is 12.9. The standard InChI is InChI=1S/C22H28F3NO2S/c1-4-8-19(28-3)10-5-6-12-26-15-17(13-21(26)27)16(2)29-20-11-7-9-18(14-20)22(23,24)25/h5,7-11,14,16-17H,4,6,12-13,15H2,1-3H3. The van der Waals surface area contributed by atoms with Gasteiger partial charge in [0.15, 0.2) is 0 Å². The van der Waals surface area contributed by atoms with Crippen LogP contribution in [0.4, 0.5) is 13.2 Å². The Morgan fingerprint density at radius 2 is 2.17 bits per heavy atom. The zero-order valence-corrected chi connectivity index (χ0v) is 17.9. The van der Waals surface area contributed by atoms with E-state index in [1.54, 1.807) is 13.2 Å². The Kier molecular flexibility index (Phi) is 8.68. The van der Waals surface area contributed by atoms with E-state index in [4.69, 9.17) is 4.74 Å². The molecule has 0 radical (unpaired) electrons. The number of amides is 1. The number of nitrogens with zero attached hydrogens (tertiary/aromatic N) is 1. The maximum atomic E-state index is 12.9. The van der Waals surface area contributed by atoms with E-state index < -0.39 is 11.7 Å². The summed E-state index contributed by atoms with van der Waals surface area (Å²) in [5.41, 5.74) is -0.641. The number of likely N-dealkylation sites (tertiary alicyclic amines) is 1. The number of methoxy groups -OCH3 is 1. The second-order valence-electron chi connectivity index (χ2n) is 7.06. The van der Waals surface area contributed by atoms with E-state index in [0.29, 0.717) is 24.4 Å². The van der Waals surface area contributed by atoms with Gasteiger partial charge < -0.3 is 9.64 Å². The second-order valence-corrected chi connectivity index (χ2v) is 8.51. The number of allylic oxidation sites excluding steroid dienone is 2. The minimum atomic E-state index is -4.34. The SMILES string of the molecule is CCC=C(C=CCCN1CC(C(C)Sc2cccc(C(F)(F)F)c2)CC1=O)OC. The highest BCUT2D eigenvalue weighted by Crippen LogP contribution is 2.36. The number of halogens is 3. The molecule has 1 amide bonds. The van der Waals surface area contributed by atoms with E-state index in [1.165, 1.54) is 23.9 Å². The van der Waals surface area contributed by atoms with Crippen LogP contribution >= 0.6 is 11.8 Å². The molecule has 1 aromatic carbocycles. The van der Waals surface area contributed by atoms with Crippen molar-refractivity contribution in [2.45, 2.75) is 49.4 Å². The van der Waals surface area contributed by atoms with Crippen LogP contribution in [0.3, 0.4) is 0 Å². The lowest BCUT2D eigenvalue weighted by Gasteiger charge is -2.20. The van der Waals surface area contributed by atoms with Crippen molar-refractivity contribution in [3.8, 4) is 0 Å². The highest BCUT2D eigenvalue weighted by Gasteiger charge is 2.34. The van der Waals surface area contributed by atoms with Crippen molar-refractivity contribution in [2.75, 3.05) is 20.2 Å². The Bertz CT molecular complexity index is 746. The molecule has 2 unspecified atom stereocenters. The van der Waals surface area contributed by atoms with Crippen LogP contribution in [-0.4, -0.2) is 36.3 Å². The fourth-order valence-electron chi connectivity index (χ4n) is 3.24. The van der Waals surface area contributed by atoms with Gasteiger partial charge in [0.25, 0.3) is 0 Å². The third-order valence-corrected chi connectivity index (χ3v) is 6.16. The summed E-state index contributed by atoms with van der Waals surface area (Å²) in [6.07, 6.45) is 3.61.